The van der Waals surface area contributed by atoms with E-state index in [0.29, 0.717) is 11.8 Å². The van der Waals surface area contributed by atoms with Gasteiger partial charge in [-0.3, -0.25) is 14.5 Å². The van der Waals surface area contributed by atoms with Crippen molar-refractivity contribution in [3.63, 3.8) is 0 Å². The van der Waals surface area contributed by atoms with Crippen molar-refractivity contribution in [2.45, 2.75) is 65.1 Å². The van der Waals surface area contributed by atoms with Gasteiger partial charge in [0.05, 0.1) is 6.54 Å². The van der Waals surface area contributed by atoms with Crippen LogP contribution < -0.4 is 0 Å². The monoisotopic (exact) mass is 321 g/mol. The van der Waals surface area contributed by atoms with Crippen LogP contribution in [0, 0.1) is 17.3 Å². The normalized spacial score (nSPS) is 35.6. The second kappa shape index (κ2) is 5.15. The van der Waals surface area contributed by atoms with Crippen LogP contribution in [0.4, 0.5) is 0 Å². The summed E-state index contributed by atoms with van der Waals surface area (Å²) in [7, 11) is 0. The lowest BCUT2D eigenvalue weighted by molar-refractivity contribution is -0.471. The molecule has 4 aliphatic rings. The third kappa shape index (κ3) is 2.45. The van der Waals surface area contributed by atoms with Crippen molar-refractivity contribution in [3.8, 4) is 0 Å². The molecule has 0 aromatic carbocycles. The van der Waals surface area contributed by atoms with Crippen LogP contribution in [-0.4, -0.2) is 34.5 Å². The first-order chi connectivity index (χ1) is 10.6. The highest BCUT2D eigenvalue weighted by molar-refractivity contribution is 6.12. The van der Waals surface area contributed by atoms with Gasteiger partial charge in [-0.1, -0.05) is 20.8 Å². The minimum absolute atomic E-state index is 0.0988. The number of carbonyl (C=O) groups is 2. The Labute approximate surface area is 137 Å². The molecule has 0 saturated heterocycles. The van der Waals surface area contributed by atoms with Crippen molar-refractivity contribution < 1.29 is 19.4 Å². The smallest absolute Gasteiger partial charge is 0.253 e. The molecule has 128 valence electrons. The van der Waals surface area contributed by atoms with Gasteiger partial charge in [-0.15, -0.1) is 0 Å². The van der Waals surface area contributed by atoms with Crippen molar-refractivity contribution in [2.75, 3.05) is 6.54 Å². The standard InChI is InChI=1S/C18H27NO4/c1-12-6-7-13-10-18(12,17(13,4)5)23-22-16(2,3)11-19-14(20)8-9-15(19)21/h8-9,12-13H,6-7,10-11H2,1-5H3. The van der Waals surface area contributed by atoms with Gasteiger partial charge in [-0.2, -0.15) is 0 Å². The maximum Gasteiger partial charge on any atom is 0.253 e. The summed E-state index contributed by atoms with van der Waals surface area (Å²) in [4.78, 5) is 36.5. The molecule has 0 radical (unpaired) electrons. The van der Waals surface area contributed by atoms with Gasteiger partial charge in [0, 0.05) is 17.6 Å². The summed E-state index contributed by atoms with van der Waals surface area (Å²) in [5.74, 6) is 0.547. The summed E-state index contributed by atoms with van der Waals surface area (Å²) in [6, 6.07) is 0. The van der Waals surface area contributed by atoms with Crippen LogP contribution in [0.2, 0.25) is 0 Å². The highest BCUT2D eigenvalue weighted by atomic mass is 17.2. The first-order valence-corrected chi connectivity index (χ1v) is 8.49. The van der Waals surface area contributed by atoms with Gasteiger partial charge >= 0.3 is 0 Å². The zero-order chi connectivity index (χ0) is 17.0. The van der Waals surface area contributed by atoms with E-state index >= 15 is 0 Å². The molecule has 1 aliphatic heterocycles. The maximum atomic E-state index is 11.7. The van der Waals surface area contributed by atoms with E-state index in [2.05, 4.69) is 20.8 Å². The first kappa shape index (κ1) is 16.7. The molecule has 0 aromatic heterocycles. The molecule has 23 heavy (non-hydrogen) atoms. The summed E-state index contributed by atoms with van der Waals surface area (Å²) >= 11 is 0. The second-order valence-electron chi connectivity index (χ2n) is 8.51. The van der Waals surface area contributed by atoms with E-state index < -0.39 is 5.60 Å². The summed E-state index contributed by atoms with van der Waals surface area (Å²) in [5.41, 5.74) is -0.906. The van der Waals surface area contributed by atoms with E-state index in [1.807, 2.05) is 13.8 Å². The minimum Gasteiger partial charge on any atom is -0.272 e. The number of hydrogen-bond acceptors (Lipinski definition) is 4. The lowest BCUT2D eigenvalue weighted by Gasteiger charge is -2.66. The predicted molar refractivity (Wildman–Crippen MR) is 85.1 cm³/mol. The SMILES string of the molecule is CC1CCC2CC1(OOC(C)(C)CN1C(=O)C=CC1=O)C2(C)C. The van der Waals surface area contributed by atoms with Crippen LogP contribution in [0.15, 0.2) is 12.2 Å². The van der Waals surface area contributed by atoms with Crippen LogP contribution in [-0.2, 0) is 19.4 Å². The molecule has 1 heterocycles. The lowest BCUT2D eigenvalue weighted by atomic mass is 9.43. The van der Waals surface area contributed by atoms with Crippen molar-refractivity contribution >= 4 is 11.8 Å². The average Bonchev–Trinajstić information content (AvgIpc) is 2.77. The zero-order valence-corrected chi connectivity index (χ0v) is 14.7. The molecule has 3 saturated carbocycles. The number of fused-ring (bicyclic) bond motifs is 2. The zero-order valence-electron chi connectivity index (χ0n) is 14.7. The topological polar surface area (TPSA) is 55.8 Å². The quantitative estimate of drug-likeness (QED) is 0.444. The molecule has 2 bridgehead atoms. The van der Waals surface area contributed by atoms with Gasteiger partial charge in [0.15, 0.2) is 0 Å². The molecule has 0 aromatic rings. The molecule has 0 N–H and O–H groups in total. The number of carbonyl (C=O) groups excluding carboxylic acids is 2. The molecule has 3 unspecified atom stereocenters. The number of imide groups is 1. The second-order valence-corrected chi connectivity index (χ2v) is 8.51. The van der Waals surface area contributed by atoms with Gasteiger partial charge in [0.2, 0.25) is 0 Å². The first-order valence-electron chi connectivity index (χ1n) is 8.49. The molecule has 2 amide bonds. The van der Waals surface area contributed by atoms with Crippen molar-refractivity contribution in [1.29, 1.82) is 0 Å². The van der Waals surface area contributed by atoms with E-state index in [9.17, 15) is 9.59 Å². The summed E-state index contributed by atoms with van der Waals surface area (Å²) in [6.07, 6.45) is 6.03. The van der Waals surface area contributed by atoms with Crippen LogP contribution >= 0.6 is 0 Å². The molecular formula is C18H27NO4. The summed E-state index contributed by atoms with van der Waals surface area (Å²) in [5, 5.41) is 0. The Kier molecular flexibility index (Phi) is 3.73. The lowest BCUT2D eigenvalue weighted by Crippen LogP contribution is -2.68. The van der Waals surface area contributed by atoms with E-state index in [1.54, 1.807) is 0 Å². The summed E-state index contributed by atoms with van der Waals surface area (Å²) < 4.78 is 0. The van der Waals surface area contributed by atoms with Crippen molar-refractivity contribution in [1.82, 2.24) is 4.90 Å². The molecule has 4 rings (SSSR count). The van der Waals surface area contributed by atoms with Gasteiger partial charge in [0.1, 0.15) is 11.2 Å². The highest BCUT2D eigenvalue weighted by Crippen LogP contribution is 2.66. The third-order valence-electron chi connectivity index (χ3n) is 6.26. The Bertz CT molecular complexity index is 547. The molecule has 0 spiro atoms. The van der Waals surface area contributed by atoms with E-state index in [1.165, 1.54) is 23.5 Å². The molecule has 5 nitrogen and oxygen atoms in total. The Balaban J connectivity index is 1.65. The Morgan fingerprint density at radius 1 is 1.22 bits per heavy atom. The Morgan fingerprint density at radius 3 is 2.35 bits per heavy atom. The van der Waals surface area contributed by atoms with E-state index in [0.717, 1.165) is 12.8 Å². The largest absolute Gasteiger partial charge is 0.272 e. The van der Waals surface area contributed by atoms with Gasteiger partial charge in [0.25, 0.3) is 11.8 Å². The predicted octanol–water partition coefficient (Wildman–Crippen LogP) is 2.85. The van der Waals surface area contributed by atoms with Crippen LogP contribution in [0.3, 0.4) is 0 Å². The minimum atomic E-state index is -0.746. The molecule has 5 heteroatoms. The van der Waals surface area contributed by atoms with Gasteiger partial charge in [-0.05, 0) is 44.9 Å². The molecule has 3 aliphatic carbocycles. The molecule has 3 atom stereocenters. The fourth-order valence-corrected chi connectivity index (χ4v) is 4.49. The fourth-order valence-electron chi connectivity index (χ4n) is 4.49. The van der Waals surface area contributed by atoms with Gasteiger partial charge < -0.3 is 0 Å². The number of hydrogen-bond donors (Lipinski definition) is 0. The average molecular weight is 321 g/mol. The van der Waals surface area contributed by atoms with Crippen LogP contribution in [0.5, 0.6) is 0 Å². The molecular weight excluding hydrogens is 294 g/mol. The van der Waals surface area contributed by atoms with Crippen molar-refractivity contribution in [2.24, 2.45) is 17.3 Å². The summed E-state index contributed by atoms with van der Waals surface area (Å²) in [6.45, 7) is 10.6. The Morgan fingerprint density at radius 2 is 1.83 bits per heavy atom. The molecule has 3 fully saturated rings. The van der Waals surface area contributed by atoms with Crippen molar-refractivity contribution in [3.05, 3.63) is 12.2 Å². The maximum absolute atomic E-state index is 11.7. The third-order valence-corrected chi connectivity index (χ3v) is 6.26. The van der Waals surface area contributed by atoms with E-state index in [-0.39, 0.29) is 29.4 Å². The number of amides is 2. The highest BCUT2D eigenvalue weighted by Gasteiger charge is 2.67. The number of nitrogens with zero attached hydrogens (tertiary/aromatic N) is 1. The Hall–Kier alpha value is -1.20. The van der Waals surface area contributed by atoms with Crippen LogP contribution in [0.25, 0.3) is 0 Å². The van der Waals surface area contributed by atoms with E-state index in [4.69, 9.17) is 9.78 Å². The number of rotatable bonds is 5. The fraction of sp³-hybridized carbons (Fsp3) is 0.778. The van der Waals surface area contributed by atoms with Crippen LogP contribution in [0.1, 0.15) is 53.9 Å². The van der Waals surface area contributed by atoms with Gasteiger partial charge in [-0.25, -0.2) is 9.78 Å².